The molecule has 2 heterocycles. The van der Waals surface area contributed by atoms with E-state index >= 15 is 0 Å². The monoisotopic (exact) mass is 577 g/mol. The first kappa shape index (κ1) is 25.0. The molecule has 0 aliphatic heterocycles. The first-order chi connectivity index (χ1) is 22.1. The third kappa shape index (κ3) is 3.40. The fourth-order valence-electron chi connectivity index (χ4n) is 8.48. The van der Waals surface area contributed by atoms with Crippen LogP contribution >= 0.6 is 0 Å². The second kappa shape index (κ2) is 8.86. The molecule has 10 rings (SSSR count). The summed E-state index contributed by atoms with van der Waals surface area (Å²) in [5.41, 5.74) is 12.7. The van der Waals surface area contributed by atoms with Crippen LogP contribution in [0, 0.1) is 0 Å². The standard InChI is InChI=1S/C43H31NO/c1-43(2)36-21-18-28(23-35(36)42-30-10-4-3-9-27(30)17-22-37(42)43)26-15-19-29(20-16-26)44-38-13-7-5-11-31(38)33-25-41-34(24-39(33)44)32-12-6-8-14-40(32)45-41/h3-22,24-25,35H,23H2,1-2H3. The van der Waals surface area contributed by atoms with Gasteiger partial charge in [-0.3, -0.25) is 0 Å². The quantitative estimate of drug-likeness (QED) is 0.200. The van der Waals surface area contributed by atoms with Gasteiger partial charge in [0.1, 0.15) is 11.2 Å². The number of aromatic nitrogens is 1. The smallest absolute Gasteiger partial charge is 0.136 e. The highest BCUT2D eigenvalue weighted by Crippen LogP contribution is 2.56. The normalized spacial score (nSPS) is 17.2. The van der Waals surface area contributed by atoms with E-state index in [9.17, 15) is 0 Å². The van der Waals surface area contributed by atoms with E-state index in [0.29, 0.717) is 5.92 Å². The molecule has 214 valence electrons. The highest BCUT2D eigenvalue weighted by molar-refractivity contribution is 6.17. The largest absolute Gasteiger partial charge is 0.456 e. The fourth-order valence-corrected chi connectivity index (χ4v) is 8.48. The molecule has 0 amide bonds. The predicted octanol–water partition coefficient (Wildman–Crippen LogP) is 11.6. The lowest BCUT2D eigenvalue weighted by atomic mass is 9.76. The predicted molar refractivity (Wildman–Crippen MR) is 188 cm³/mol. The second-order valence-corrected chi connectivity index (χ2v) is 13.3. The first-order valence-electron chi connectivity index (χ1n) is 15.9. The molecule has 8 aromatic rings. The van der Waals surface area contributed by atoms with Gasteiger partial charge in [0.2, 0.25) is 0 Å². The van der Waals surface area contributed by atoms with Crippen LogP contribution in [0.2, 0.25) is 0 Å². The van der Waals surface area contributed by atoms with Gasteiger partial charge < -0.3 is 8.98 Å². The van der Waals surface area contributed by atoms with Gasteiger partial charge in [-0.05, 0) is 75.9 Å². The average molecular weight is 578 g/mol. The Bertz CT molecular complexity index is 2590. The van der Waals surface area contributed by atoms with E-state index in [-0.39, 0.29) is 5.41 Å². The van der Waals surface area contributed by atoms with Crippen molar-refractivity contribution < 1.29 is 4.42 Å². The number of allylic oxidation sites excluding steroid dienone is 4. The third-order valence-corrected chi connectivity index (χ3v) is 10.6. The molecule has 2 aromatic heterocycles. The summed E-state index contributed by atoms with van der Waals surface area (Å²) < 4.78 is 8.68. The molecule has 2 aliphatic rings. The minimum atomic E-state index is 0.0399. The highest BCUT2D eigenvalue weighted by Gasteiger charge is 2.43. The molecule has 45 heavy (non-hydrogen) atoms. The zero-order valence-corrected chi connectivity index (χ0v) is 25.3. The topological polar surface area (TPSA) is 18.1 Å². The van der Waals surface area contributed by atoms with Crippen LogP contribution in [0.5, 0.6) is 0 Å². The number of fused-ring (bicyclic) bond motifs is 11. The molecule has 0 fully saturated rings. The van der Waals surface area contributed by atoms with Crippen LogP contribution < -0.4 is 0 Å². The van der Waals surface area contributed by atoms with Crippen molar-refractivity contribution in [3.8, 4) is 5.69 Å². The molecule has 0 spiro atoms. The highest BCUT2D eigenvalue weighted by atomic mass is 16.3. The molecular weight excluding hydrogens is 546 g/mol. The van der Waals surface area contributed by atoms with Gasteiger partial charge in [-0.1, -0.05) is 117 Å². The lowest BCUT2D eigenvalue weighted by molar-refractivity contribution is 0.615. The molecule has 0 radical (unpaired) electrons. The number of hydrogen-bond acceptors (Lipinski definition) is 1. The van der Waals surface area contributed by atoms with Gasteiger partial charge in [-0.2, -0.15) is 0 Å². The number of nitrogens with zero attached hydrogens (tertiary/aromatic N) is 1. The Morgan fingerprint density at radius 1 is 0.622 bits per heavy atom. The summed E-state index contributed by atoms with van der Waals surface area (Å²) in [6, 6.07) is 44.3. The van der Waals surface area contributed by atoms with E-state index in [2.05, 4.69) is 146 Å². The third-order valence-electron chi connectivity index (χ3n) is 10.6. The molecule has 6 aromatic carbocycles. The van der Waals surface area contributed by atoms with E-state index < -0.39 is 0 Å². The molecule has 1 unspecified atom stereocenters. The van der Waals surface area contributed by atoms with Gasteiger partial charge in [0.15, 0.2) is 0 Å². The van der Waals surface area contributed by atoms with Crippen LogP contribution in [0.1, 0.15) is 42.9 Å². The van der Waals surface area contributed by atoms with Crippen LogP contribution in [-0.2, 0) is 5.41 Å². The summed E-state index contributed by atoms with van der Waals surface area (Å²) >= 11 is 0. The minimum Gasteiger partial charge on any atom is -0.456 e. The fraction of sp³-hybridized carbons (Fsp3) is 0.116. The number of rotatable bonds is 2. The second-order valence-electron chi connectivity index (χ2n) is 13.3. The summed E-state index contributed by atoms with van der Waals surface area (Å²) in [4.78, 5) is 0. The van der Waals surface area contributed by atoms with Crippen LogP contribution in [0.3, 0.4) is 0 Å². The number of hydrogen-bond donors (Lipinski definition) is 0. The van der Waals surface area contributed by atoms with Crippen LogP contribution in [0.25, 0.3) is 65.8 Å². The molecule has 0 saturated carbocycles. The molecule has 0 N–H and O–H groups in total. The van der Waals surface area contributed by atoms with Gasteiger partial charge in [0.05, 0.1) is 11.0 Å². The molecule has 1 atom stereocenters. The van der Waals surface area contributed by atoms with Crippen molar-refractivity contribution in [2.24, 2.45) is 0 Å². The number of furan rings is 1. The Balaban J connectivity index is 1.09. The van der Waals surface area contributed by atoms with Gasteiger partial charge in [-0.25, -0.2) is 0 Å². The van der Waals surface area contributed by atoms with E-state index in [1.54, 1.807) is 0 Å². The van der Waals surface area contributed by atoms with Gasteiger partial charge in [-0.15, -0.1) is 0 Å². The molecule has 2 aliphatic carbocycles. The van der Waals surface area contributed by atoms with E-state index in [1.165, 1.54) is 66.1 Å². The summed E-state index contributed by atoms with van der Waals surface area (Å²) in [5.74, 6) is 0.408. The van der Waals surface area contributed by atoms with E-state index in [4.69, 9.17) is 4.42 Å². The van der Waals surface area contributed by atoms with Crippen molar-refractivity contribution >= 4 is 60.1 Å². The summed E-state index contributed by atoms with van der Waals surface area (Å²) in [6.45, 7) is 4.79. The molecule has 0 saturated heterocycles. The molecular formula is C43H31NO. The Kier molecular flexibility index (Phi) is 4.93. The van der Waals surface area contributed by atoms with Crippen molar-refractivity contribution in [2.75, 3.05) is 0 Å². The van der Waals surface area contributed by atoms with Crippen molar-refractivity contribution in [2.45, 2.75) is 31.6 Å². The maximum absolute atomic E-state index is 6.28. The lowest BCUT2D eigenvalue weighted by Gasteiger charge is -2.27. The maximum Gasteiger partial charge on any atom is 0.136 e. The van der Waals surface area contributed by atoms with E-state index in [1.807, 2.05) is 6.07 Å². The Morgan fingerprint density at radius 3 is 2.24 bits per heavy atom. The minimum absolute atomic E-state index is 0.0399. The van der Waals surface area contributed by atoms with Gasteiger partial charge in [0, 0.05) is 38.6 Å². The Morgan fingerprint density at radius 2 is 1.38 bits per heavy atom. The molecule has 2 nitrogen and oxygen atoms in total. The number of para-hydroxylation sites is 2. The first-order valence-corrected chi connectivity index (χ1v) is 15.9. The van der Waals surface area contributed by atoms with Gasteiger partial charge >= 0.3 is 0 Å². The molecule has 2 heteroatoms. The summed E-state index contributed by atoms with van der Waals surface area (Å²) in [7, 11) is 0. The van der Waals surface area contributed by atoms with Crippen LogP contribution in [0.4, 0.5) is 0 Å². The zero-order valence-electron chi connectivity index (χ0n) is 25.3. The van der Waals surface area contributed by atoms with Crippen molar-refractivity contribution in [1.82, 2.24) is 4.57 Å². The van der Waals surface area contributed by atoms with E-state index in [0.717, 1.165) is 28.4 Å². The van der Waals surface area contributed by atoms with Gasteiger partial charge in [0.25, 0.3) is 0 Å². The lowest BCUT2D eigenvalue weighted by Crippen LogP contribution is -2.17. The summed E-state index contributed by atoms with van der Waals surface area (Å²) in [6.07, 6.45) is 5.81. The SMILES string of the molecule is CC1(C)C2=CC=C(c3ccc(-n4c5ccccc5c5cc6oc7ccccc7c6cc54)cc3)CC2c2c1ccc1ccccc21. The van der Waals surface area contributed by atoms with Crippen molar-refractivity contribution in [3.05, 3.63) is 156 Å². The van der Waals surface area contributed by atoms with Crippen LogP contribution in [-0.4, -0.2) is 4.57 Å². The maximum atomic E-state index is 6.28. The average Bonchev–Trinajstić information content (AvgIpc) is 3.68. The Hall–Kier alpha value is -5.34. The number of benzene rings is 6. The van der Waals surface area contributed by atoms with Crippen molar-refractivity contribution in [1.29, 1.82) is 0 Å². The summed E-state index contributed by atoms with van der Waals surface area (Å²) in [5, 5.41) is 7.49. The molecule has 0 bridgehead atoms. The van der Waals surface area contributed by atoms with Crippen molar-refractivity contribution in [3.63, 3.8) is 0 Å². The zero-order chi connectivity index (χ0) is 29.9. The Labute approximate surface area is 261 Å². The van der Waals surface area contributed by atoms with Crippen LogP contribution in [0.15, 0.2) is 143 Å².